The number of rotatable bonds is 4. The summed E-state index contributed by atoms with van der Waals surface area (Å²) in [7, 11) is 2.15. The third-order valence-electron chi connectivity index (χ3n) is 2.49. The van der Waals surface area contributed by atoms with Crippen LogP contribution in [0.3, 0.4) is 0 Å². The fourth-order valence-corrected chi connectivity index (χ4v) is 1.73. The number of alkyl halides is 3. The summed E-state index contributed by atoms with van der Waals surface area (Å²) in [5, 5.41) is 0.138. The summed E-state index contributed by atoms with van der Waals surface area (Å²) in [6.45, 7) is 0. The molecule has 0 N–H and O–H groups in total. The maximum absolute atomic E-state index is 12.5. The average Bonchev–Trinajstić information content (AvgIpc) is 2.39. The fraction of sp³-hybridized carbons (Fsp3) is 0.333. The highest BCUT2D eigenvalue weighted by Gasteiger charge is 2.47. The van der Waals surface area contributed by atoms with Crippen LogP contribution in [-0.4, -0.2) is 32.1 Å². The second-order valence-electron chi connectivity index (χ2n) is 3.71. The van der Waals surface area contributed by atoms with Crippen LogP contribution in [0, 0.1) is 0 Å². The van der Waals surface area contributed by atoms with Gasteiger partial charge in [-0.3, -0.25) is 9.59 Å². The fourth-order valence-electron chi connectivity index (χ4n) is 1.53. The van der Waals surface area contributed by atoms with Crippen molar-refractivity contribution < 1.29 is 32.2 Å². The Morgan fingerprint density at radius 1 is 1.25 bits per heavy atom. The zero-order valence-electron chi connectivity index (χ0n) is 10.5. The number of carbonyl (C=O) groups is 2. The van der Waals surface area contributed by atoms with E-state index in [4.69, 9.17) is 16.3 Å². The van der Waals surface area contributed by atoms with E-state index in [0.717, 1.165) is 19.2 Å². The third-order valence-corrected chi connectivity index (χ3v) is 2.80. The van der Waals surface area contributed by atoms with Gasteiger partial charge in [0.25, 0.3) is 5.78 Å². The van der Waals surface area contributed by atoms with Crippen LogP contribution in [0.25, 0.3) is 0 Å². The van der Waals surface area contributed by atoms with Crippen LogP contribution in [0.5, 0.6) is 5.75 Å². The van der Waals surface area contributed by atoms with Gasteiger partial charge < -0.3 is 9.47 Å². The van der Waals surface area contributed by atoms with Crippen molar-refractivity contribution in [3.63, 3.8) is 0 Å². The standard InChI is InChI=1S/C12H10ClF3O4/c1-19-8-5-6(3-4-7(8)13)9(11(18)20-2)10(17)12(14,15)16/h3-5,9H,1-2H3. The molecule has 1 atom stereocenters. The SMILES string of the molecule is COC(=O)C(C(=O)C(F)(F)F)c1ccc(Cl)c(OC)c1. The van der Waals surface area contributed by atoms with Crippen LogP contribution in [0.4, 0.5) is 13.2 Å². The van der Waals surface area contributed by atoms with Gasteiger partial charge in [-0.1, -0.05) is 17.7 Å². The first-order chi connectivity index (χ1) is 9.22. The van der Waals surface area contributed by atoms with Crippen LogP contribution >= 0.6 is 11.6 Å². The zero-order valence-corrected chi connectivity index (χ0v) is 11.2. The molecular weight excluding hydrogens is 301 g/mol. The molecule has 0 saturated carbocycles. The predicted molar refractivity (Wildman–Crippen MR) is 63.8 cm³/mol. The highest BCUT2D eigenvalue weighted by Crippen LogP contribution is 2.33. The van der Waals surface area contributed by atoms with E-state index in [1.807, 2.05) is 0 Å². The predicted octanol–water partition coefficient (Wildman–Crippen LogP) is 2.74. The van der Waals surface area contributed by atoms with Crippen molar-refractivity contribution >= 4 is 23.4 Å². The minimum atomic E-state index is -5.16. The average molecular weight is 311 g/mol. The molecule has 110 valence electrons. The van der Waals surface area contributed by atoms with E-state index >= 15 is 0 Å². The third kappa shape index (κ3) is 3.41. The van der Waals surface area contributed by atoms with E-state index in [9.17, 15) is 22.8 Å². The minimum Gasteiger partial charge on any atom is -0.495 e. The molecule has 1 aromatic carbocycles. The molecule has 0 saturated heterocycles. The van der Waals surface area contributed by atoms with E-state index in [1.54, 1.807) is 0 Å². The molecule has 0 amide bonds. The smallest absolute Gasteiger partial charge is 0.451 e. The van der Waals surface area contributed by atoms with Crippen molar-refractivity contribution in [3.8, 4) is 5.75 Å². The largest absolute Gasteiger partial charge is 0.495 e. The second kappa shape index (κ2) is 6.13. The number of methoxy groups -OCH3 is 2. The van der Waals surface area contributed by atoms with Crippen molar-refractivity contribution in [1.82, 2.24) is 0 Å². The summed E-state index contributed by atoms with van der Waals surface area (Å²) in [4.78, 5) is 22.8. The Kier molecular flexibility index (Phi) is 4.99. The molecule has 20 heavy (non-hydrogen) atoms. The number of benzene rings is 1. The van der Waals surface area contributed by atoms with Gasteiger partial charge in [0, 0.05) is 0 Å². The Morgan fingerprint density at radius 3 is 2.30 bits per heavy atom. The van der Waals surface area contributed by atoms with Crippen LogP contribution in [-0.2, 0) is 14.3 Å². The number of hydrogen-bond acceptors (Lipinski definition) is 4. The van der Waals surface area contributed by atoms with Crippen molar-refractivity contribution in [2.24, 2.45) is 0 Å². The Balaban J connectivity index is 3.32. The normalized spacial score (nSPS) is 12.7. The van der Waals surface area contributed by atoms with E-state index < -0.39 is 23.8 Å². The Bertz CT molecular complexity index is 528. The lowest BCUT2D eigenvalue weighted by Gasteiger charge is -2.16. The molecule has 4 nitrogen and oxygen atoms in total. The maximum Gasteiger partial charge on any atom is 0.451 e. The Labute approximate surface area is 117 Å². The highest BCUT2D eigenvalue weighted by molar-refractivity contribution is 6.32. The van der Waals surface area contributed by atoms with Crippen LogP contribution in [0.1, 0.15) is 11.5 Å². The summed E-state index contributed by atoms with van der Waals surface area (Å²) >= 11 is 5.74. The molecule has 0 aliphatic rings. The van der Waals surface area contributed by atoms with Crippen LogP contribution in [0.2, 0.25) is 5.02 Å². The number of carbonyl (C=O) groups excluding carboxylic acids is 2. The number of esters is 1. The van der Waals surface area contributed by atoms with Gasteiger partial charge in [0.15, 0.2) is 0 Å². The van der Waals surface area contributed by atoms with Gasteiger partial charge in [0.2, 0.25) is 0 Å². The zero-order chi connectivity index (χ0) is 15.5. The van der Waals surface area contributed by atoms with Gasteiger partial charge >= 0.3 is 12.1 Å². The summed E-state index contributed by atoms with van der Waals surface area (Å²) in [6.07, 6.45) is -5.16. The number of Topliss-reactive ketones (excluding diaryl/α,β-unsaturated/α-hetero) is 1. The van der Waals surface area contributed by atoms with E-state index in [-0.39, 0.29) is 16.3 Å². The lowest BCUT2D eigenvalue weighted by atomic mass is 9.94. The first-order valence-corrected chi connectivity index (χ1v) is 5.62. The Morgan fingerprint density at radius 2 is 1.85 bits per heavy atom. The summed E-state index contributed by atoms with van der Waals surface area (Å²) in [5.41, 5.74) is -0.208. The van der Waals surface area contributed by atoms with Crippen molar-refractivity contribution in [2.75, 3.05) is 14.2 Å². The van der Waals surface area contributed by atoms with Gasteiger partial charge in [-0.25, -0.2) is 0 Å². The molecular formula is C12H10ClF3O4. The van der Waals surface area contributed by atoms with Gasteiger partial charge in [0.05, 0.1) is 19.2 Å². The van der Waals surface area contributed by atoms with Gasteiger partial charge in [0.1, 0.15) is 11.7 Å². The molecule has 8 heteroatoms. The second-order valence-corrected chi connectivity index (χ2v) is 4.12. The highest BCUT2D eigenvalue weighted by atomic mass is 35.5. The molecule has 0 heterocycles. The molecule has 0 aliphatic carbocycles. The topological polar surface area (TPSA) is 52.6 Å². The summed E-state index contributed by atoms with van der Waals surface area (Å²) in [5.74, 6) is -5.58. The molecule has 0 spiro atoms. The molecule has 0 fully saturated rings. The van der Waals surface area contributed by atoms with Gasteiger partial charge in [-0.15, -0.1) is 0 Å². The number of ketones is 1. The van der Waals surface area contributed by atoms with Crippen LogP contribution in [0.15, 0.2) is 18.2 Å². The lowest BCUT2D eigenvalue weighted by Crippen LogP contribution is -2.34. The summed E-state index contributed by atoms with van der Waals surface area (Å²) < 4.78 is 46.7. The van der Waals surface area contributed by atoms with Crippen LogP contribution < -0.4 is 4.74 Å². The first-order valence-electron chi connectivity index (χ1n) is 5.24. The lowest BCUT2D eigenvalue weighted by molar-refractivity contribution is -0.176. The molecule has 1 rings (SSSR count). The maximum atomic E-state index is 12.5. The number of hydrogen-bond donors (Lipinski definition) is 0. The van der Waals surface area contributed by atoms with E-state index in [2.05, 4.69) is 4.74 Å². The number of halogens is 4. The van der Waals surface area contributed by atoms with E-state index in [0.29, 0.717) is 0 Å². The molecule has 0 radical (unpaired) electrons. The quantitative estimate of drug-likeness (QED) is 0.634. The van der Waals surface area contributed by atoms with Gasteiger partial charge in [-0.05, 0) is 17.7 Å². The monoisotopic (exact) mass is 310 g/mol. The van der Waals surface area contributed by atoms with Crippen molar-refractivity contribution in [3.05, 3.63) is 28.8 Å². The molecule has 0 aromatic heterocycles. The van der Waals surface area contributed by atoms with Crippen molar-refractivity contribution in [2.45, 2.75) is 12.1 Å². The van der Waals surface area contributed by atoms with E-state index in [1.165, 1.54) is 13.2 Å². The first kappa shape index (κ1) is 16.3. The molecule has 0 aliphatic heterocycles. The van der Waals surface area contributed by atoms with Crippen molar-refractivity contribution in [1.29, 1.82) is 0 Å². The van der Waals surface area contributed by atoms with Gasteiger partial charge in [-0.2, -0.15) is 13.2 Å². The summed E-state index contributed by atoms with van der Waals surface area (Å²) in [6, 6.07) is 3.46. The number of ether oxygens (including phenoxy) is 2. The molecule has 1 aromatic rings. The molecule has 0 bridgehead atoms. The Hall–Kier alpha value is -1.76. The minimum absolute atomic E-state index is 0.0491. The molecule has 1 unspecified atom stereocenters.